The van der Waals surface area contributed by atoms with Crippen LogP contribution in [0.4, 0.5) is 5.69 Å². The Labute approximate surface area is 287 Å². The van der Waals surface area contributed by atoms with Crippen LogP contribution in [0.2, 0.25) is 10.0 Å². The summed E-state index contributed by atoms with van der Waals surface area (Å²) in [5.41, 5.74) is 2.43. The van der Waals surface area contributed by atoms with E-state index in [4.69, 9.17) is 27.9 Å². The van der Waals surface area contributed by atoms with Crippen molar-refractivity contribution in [1.82, 2.24) is 10.2 Å². The van der Waals surface area contributed by atoms with E-state index in [9.17, 15) is 18.0 Å². The largest absolute Gasteiger partial charge is 0.495 e. The molecule has 0 aliphatic heterocycles. The molecule has 0 saturated heterocycles. The lowest BCUT2D eigenvalue weighted by atomic mass is 10.0. The zero-order valence-corrected chi connectivity index (χ0v) is 29.1. The van der Waals surface area contributed by atoms with E-state index < -0.39 is 28.5 Å². The Morgan fingerprint density at radius 1 is 0.894 bits per heavy atom. The van der Waals surface area contributed by atoms with Gasteiger partial charge in [0, 0.05) is 29.6 Å². The molecule has 0 aromatic heterocycles. The summed E-state index contributed by atoms with van der Waals surface area (Å²) in [5, 5.41) is 3.70. The van der Waals surface area contributed by atoms with Crippen LogP contribution in [0.3, 0.4) is 0 Å². The maximum absolute atomic E-state index is 14.6. The molecule has 2 amide bonds. The van der Waals surface area contributed by atoms with E-state index in [1.165, 1.54) is 24.1 Å². The molecular weight excluding hydrogens is 657 g/mol. The van der Waals surface area contributed by atoms with E-state index in [0.717, 1.165) is 15.4 Å². The van der Waals surface area contributed by atoms with Crippen molar-refractivity contribution in [3.8, 4) is 5.75 Å². The Balaban J connectivity index is 1.84. The average molecular weight is 697 g/mol. The predicted octanol–water partition coefficient (Wildman–Crippen LogP) is 6.92. The van der Waals surface area contributed by atoms with Crippen molar-refractivity contribution < 1.29 is 22.7 Å². The molecule has 1 N–H and O–H groups in total. The van der Waals surface area contributed by atoms with Gasteiger partial charge in [0.25, 0.3) is 10.0 Å². The first kappa shape index (κ1) is 35.8. The van der Waals surface area contributed by atoms with Gasteiger partial charge < -0.3 is 15.0 Å². The lowest BCUT2D eigenvalue weighted by Gasteiger charge is -2.34. The number of hydrogen-bond acceptors (Lipinski definition) is 5. The summed E-state index contributed by atoms with van der Waals surface area (Å²) in [6.45, 7) is 5.50. The number of sulfonamides is 1. The number of carbonyl (C=O) groups excluding carboxylic acids is 2. The molecule has 8 nitrogen and oxygen atoms in total. The molecule has 1 atom stereocenters. The van der Waals surface area contributed by atoms with E-state index in [2.05, 4.69) is 5.32 Å². The summed E-state index contributed by atoms with van der Waals surface area (Å²) in [6, 6.07) is 26.2. The van der Waals surface area contributed by atoms with E-state index in [1.807, 2.05) is 51.1 Å². The van der Waals surface area contributed by atoms with Crippen molar-refractivity contribution in [2.45, 2.75) is 44.7 Å². The highest BCUT2D eigenvalue weighted by atomic mass is 35.5. The summed E-state index contributed by atoms with van der Waals surface area (Å²) in [6.07, 6.45) is 0.182. The van der Waals surface area contributed by atoms with Gasteiger partial charge in [-0.25, -0.2) is 8.42 Å². The molecule has 4 aromatic rings. The van der Waals surface area contributed by atoms with Crippen LogP contribution in [0.25, 0.3) is 0 Å². The maximum Gasteiger partial charge on any atom is 0.264 e. The number of nitrogens with one attached hydrogen (secondary N) is 1. The maximum atomic E-state index is 14.6. The number of carbonyl (C=O) groups is 2. The van der Waals surface area contributed by atoms with Gasteiger partial charge in [-0.3, -0.25) is 13.9 Å². The molecular formula is C36H39Cl2N3O5S. The lowest BCUT2D eigenvalue weighted by molar-refractivity contribution is -0.140. The number of halogens is 2. The Bertz CT molecular complexity index is 1780. The number of ether oxygens (including phenoxy) is 1. The summed E-state index contributed by atoms with van der Waals surface area (Å²) < 4.78 is 35.1. The van der Waals surface area contributed by atoms with Crippen molar-refractivity contribution in [3.63, 3.8) is 0 Å². The molecule has 0 heterocycles. The van der Waals surface area contributed by atoms with Crippen LogP contribution in [0.5, 0.6) is 5.75 Å². The number of rotatable bonds is 14. The Morgan fingerprint density at radius 2 is 1.55 bits per heavy atom. The van der Waals surface area contributed by atoms with Crippen molar-refractivity contribution in [1.29, 1.82) is 0 Å². The minimum atomic E-state index is -4.28. The predicted molar refractivity (Wildman–Crippen MR) is 187 cm³/mol. The van der Waals surface area contributed by atoms with E-state index in [1.54, 1.807) is 54.6 Å². The molecule has 0 bridgehead atoms. The monoisotopic (exact) mass is 695 g/mol. The summed E-state index contributed by atoms with van der Waals surface area (Å²) >= 11 is 12.8. The zero-order chi connectivity index (χ0) is 34.1. The van der Waals surface area contributed by atoms with Gasteiger partial charge in [0.15, 0.2) is 0 Å². The second-order valence-corrected chi connectivity index (χ2v) is 14.3. The highest BCUT2D eigenvalue weighted by molar-refractivity contribution is 7.92. The van der Waals surface area contributed by atoms with E-state index >= 15 is 0 Å². The van der Waals surface area contributed by atoms with E-state index in [0.29, 0.717) is 22.2 Å². The van der Waals surface area contributed by atoms with Crippen molar-refractivity contribution >= 4 is 50.7 Å². The van der Waals surface area contributed by atoms with Crippen LogP contribution in [0, 0.1) is 12.8 Å². The first-order valence-electron chi connectivity index (χ1n) is 15.2. The number of amides is 2. The Morgan fingerprint density at radius 3 is 2.19 bits per heavy atom. The fourth-order valence-corrected chi connectivity index (χ4v) is 6.89. The highest BCUT2D eigenvalue weighted by Gasteiger charge is 2.35. The Hall–Kier alpha value is -4.05. The smallest absolute Gasteiger partial charge is 0.264 e. The van der Waals surface area contributed by atoms with Gasteiger partial charge >= 0.3 is 0 Å². The lowest BCUT2D eigenvalue weighted by Crippen LogP contribution is -2.53. The fraction of sp³-hybridized carbons (Fsp3) is 0.278. The minimum Gasteiger partial charge on any atom is -0.495 e. The molecule has 11 heteroatoms. The molecule has 0 spiro atoms. The molecule has 0 aliphatic carbocycles. The number of aryl methyl sites for hydroxylation is 1. The van der Waals surface area contributed by atoms with Crippen LogP contribution in [-0.4, -0.2) is 51.4 Å². The first-order valence-corrected chi connectivity index (χ1v) is 17.4. The van der Waals surface area contributed by atoms with Gasteiger partial charge in [-0.05, 0) is 60.4 Å². The van der Waals surface area contributed by atoms with Crippen molar-refractivity contribution in [2.24, 2.45) is 5.92 Å². The van der Waals surface area contributed by atoms with Gasteiger partial charge in [0.1, 0.15) is 18.3 Å². The third-order valence-corrected chi connectivity index (χ3v) is 9.91. The SMILES string of the molecule is COc1ccccc1N(CC(=O)N(Cc1ccc(Cl)cc1Cl)[C@H](Cc1ccccc1)C(=O)NCC(C)C)S(=O)(=O)c1ccc(C)cc1. The molecule has 4 aromatic carbocycles. The molecule has 0 saturated carbocycles. The molecule has 0 unspecified atom stereocenters. The summed E-state index contributed by atoms with van der Waals surface area (Å²) in [5.74, 6) is -0.560. The molecule has 248 valence electrons. The van der Waals surface area contributed by atoms with Crippen LogP contribution in [-0.2, 0) is 32.6 Å². The van der Waals surface area contributed by atoms with Crippen molar-refractivity contribution in [2.75, 3.05) is 24.5 Å². The quantitative estimate of drug-likeness (QED) is 0.155. The number of benzene rings is 4. The second-order valence-electron chi connectivity index (χ2n) is 11.6. The first-order chi connectivity index (χ1) is 22.4. The van der Waals surface area contributed by atoms with Crippen LogP contribution >= 0.6 is 23.2 Å². The zero-order valence-electron chi connectivity index (χ0n) is 26.8. The number of methoxy groups -OCH3 is 1. The Kier molecular flexibility index (Phi) is 12.3. The highest BCUT2D eigenvalue weighted by Crippen LogP contribution is 2.33. The van der Waals surface area contributed by atoms with Gasteiger partial charge in [-0.15, -0.1) is 0 Å². The molecule has 47 heavy (non-hydrogen) atoms. The topological polar surface area (TPSA) is 96.0 Å². The third kappa shape index (κ3) is 9.28. The van der Waals surface area contributed by atoms with Gasteiger partial charge in [0.2, 0.25) is 11.8 Å². The number of anilines is 1. The minimum absolute atomic E-state index is 0.00427. The molecule has 4 rings (SSSR count). The third-order valence-electron chi connectivity index (χ3n) is 7.55. The van der Waals surface area contributed by atoms with Crippen LogP contribution in [0.15, 0.2) is 102 Å². The van der Waals surface area contributed by atoms with Crippen LogP contribution in [0.1, 0.15) is 30.5 Å². The summed E-state index contributed by atoms with van der Waals surface area (Å²) in [7, 11) is -2.85. The molecule has 0 fully saturated rings. The van der Waals surface area contributed by atoms with Gasteiger partial charge in [0.05, 0.1) is 17.7 Å². The molecule has 0 radical (unpaired) electrons. The number of para-hydroxylation sites is 2. The van der Waals surface area contributed by atoms with Gasteiger partial charge in [-0.1, -0.05) is 103 Å². The standard InChI is InChI=1S/C36H39Cl2N3O5S/c1-25(2)22-39-36(43)33(20-27-10-6-5-7-11-27)40(23-28-16-17-29(37)21-31(28)38)35(42)24-41(32-12-8-9-13-34(32)46-4)47(44,45)30-18-14-26(3)15-19-30/h5-19,21,25,33H,20,22-24H2,1-4H3,(H,39,43)/t33-/m1/s1. The van der Waals surface area contributed by atoms with E-state index in [-0.39, 0.29) is 41.1 Å². The number of hydrogen-bond donors (Lipinski definition) is 1. The summed E-state index contributed by atoms with van der Waals surface area (Å²) in [4.78, 5) is 30.0. The van der Waals surface area contributed by atoms with Gasteiger partial charge in [-0.2, -0.15) is 0 Å². The van der Waals surface area contributed by atoms with Crippen molar-refractivity contribution in [3.05, 3.63) is 124 Å². The average Bonchev–Trinajstić information content (AvgIpc) is 3.05. The van der Waals surface area contributed by atoms with Crippen LogP contribution < -0.4 is 14.4 Å². The second kappa shape index (κ2) is 16.2. The molecule has 0 aliphatic rings. The fourth-order valence-electron chi connectivity index (χ4n) is 5.00. The number of nitrogens with zero attached hydrogens (tertiary/aromatic N) is 2. The normalized spacial score (nSPS) is 12.0.